The smallest absolute Gasteiger partial charge is 0.271 e. The van der Waals surface area contributed by atoms with Gasteiger partial charge in [-0.05, 0) is 0 Å². The van der Waals surface area contributed by atoms with Crippen molar-refractivity contribution in [1.29, 1.82) is 0 Å². The second-order valence-corrected chi connectivity index (χ2v) is 6.29. The van der Waals surface area contributed by atoms with Crippen LogP contribution in [0.2, 0.25) is 0 Å². The molecule has 0 saturated carbocycles. The molecule has 0 aromatic carbocycles. The summed E-state index contributed by atoms with van der Waals surface area (Å²) in [7, 11) is 0. The first-order valence-corrected chi connectivity index (χ1v) is 8.17. The van der Waals surface area contributed by atoms with Crippen LogP contribution in [0.25, 0.3) is 0 Å². The van der Waals surface area contributed by atoms with Crippen LogP contribution in [0.4, 0.5) is 10.3 Å². The molecule has 120 valence electrons. The number of rotatable bonds is 3. The van der Waals surface area contributed by atoms with Crippen molar-refractivity contribution in [2.45, 2.75) is 12.1 Å². The van der Waals surface area contributed by atoms with Crippen molar-refractivity contribution in [1.82, 2.24) is 20.3 Å². The van der Waals surface area contributed by atoms with E-state index in [9.17, 15) is 9.18 Å². The Kier molecular flexibility index (Phi) is 3.66. The van der Waals surface area contributed by atoms with Crippen molar-refractivity contribution in [3.63, 3.8) is 0 Å². The largest absolute Gasteiger partial charge is 0.379 e. The number of hydrogen-bond acceptors (Lipinski definition) is 7. The van der Waals surface area contributed by atoms with E-state index in [2.05, 4.69) is 20.3 Å². The quantitative estimate of drug-likeness (QED) is 0.890. The maximum Gasteiger partial charge on any atom is 0.271 e. The third-order valence-corrected chi connectivity index (χ3v) is 4.84. The molecule has 2 aromatic heterocycles. The lowest BCUT2D eigenvalue weighted by Crippen LogP contribution is -2.41. The van der Waals surface area contributed by atoms with Gasteiger partial charge in [0.25, 0.3) is 5.91 Å². The summed E-state index contributed by atoms with van der Waals surface area (Å²) in [6.45, 7) is 1.69. The van der Waals surface area contributed by atoms with Crippen molar-refractivity contribution in [2.75, 3.05) is 24.7 Å². The molecule has 0 radical (unpaired) electrons. The fourth-order valence-electron chi connectivity index (χ4n) is 3.15. The topological polar surface area (TPSA) is 80.2 Å². The minimum atomic E-state index is -0.472. The molecule has 1 N–H and O–H groups in total. The molecule has 4 rings (SSSR count). The number of halogens is 1. The van der Waals surface area contributed by atoms with Gasteiger partial charge in [0, 0.05) is 17.8 Å². The summed E-state index contributed by atoms with van der Waals surface area (Å²) in [4.78, 5) is 26.3. The number of nitrogens with one attached hydrogen (secondary N) is 1. The van der Waals surface area contributed by atoms with Crippen molar-refractivity contribution >= 4 is 23.2 Å². The van der Waals surface area contributed by atoms with Gasteiger partial charge in [-0.2, -0.15) is 0 Å². The van der Waals surface area contributed by atoms with Crippen molar-refractivity contribution in [3.8, 4) is 0 Å². The Hall–Kier alpha value is -2.13. The van der Waals surface area contributed by atoms with Crippen LogP contribution in [0.1, 0.15) is 10.5 Å². The molecule has 0 aliphatic carbocycles. The number of nitrogens with zero attached hydrogens (tertiary/aromatic N) is 4. The van der Waals surface area contributed by atoms with Crippen LogP contribution in [-0.4, -0.2) is 52.7 Å². The lowest BCUT2D eigenvalue weighted by Gasteiger charge is -2.22. The maximum absolute atomic E-state index is 13.0. The van der Waals surface area contributed by atoms with E-state index in [0.717, 1.165) is 12.4 Å². The molecule has 9 heteroatoms. The summed E-state index contributed by atoms with van der Waals surface area (Å²) in [6.07, 6.45) is 2.29. The summed E-state index contributed by atoms with van der Waals surface area (Å²) in [6, 6.07) is 0.00606. The zero-order chi connectivity index (χ0) is 15.8. The van der Waals surface area contributed by atoms with E-state index < -0.39 is 5.82 Å². The van der Waals surface area contributed by atoms with E-state index >= 15 is 0 Å². The molecule has 7 nitrogen and oxygen atoms in total. The zero-order valence-corrected chi connectivity index (χ0v) is 12.9. The summed E-state index contributed by atoms with van der Waals surface area (Å²) in [5, 5.41) is 4.73. The number of carbonyl (C=O) groups excluding carboxylic acids is 1. The Bertz CT molecular complexity index is 696. The fourth-order valence-corrected chi connectivity index (χ4v) is 3.68. The Morgan fingerprint density at radius 1 is 1.35 bits per heavy atom. The van der Waals surface area contributed by atoms with Gasteiger partial charge in [-0.25, -0.2) is 19.3 Å². The molecule has 0 unspecified atom stereocenters. The van der Waals surface area contributed by atoms with Gasteiger partial charge in [0.1, 0.15) is 5.69 Å². The number of aromatic nitrogens is 3. The van der Waals surface area contributed by atoms with E-state index in [4.69, 9.17) is 4.74 Å². The van der Waals surface area contributed by atoms with Crippen LogP contribution in [0.15, 0.2) is 23.3 Å². The molecule has 1 amide bonds. The van der Waals surface area contributed by atoms with E-state index in [0.29, 0.717) is 31.4 Å². The van der Waals surface area contributed by atoms with Crippen LogP contribution in [0.3, 0.4) is 0 Å². The predicted octanol–water partition coefficient (Wildman–Crippen LogP) is 0.706. The highest BCUT2D eigenvalue weighted by Crippen LogP contribution is 2.32. The third-order valence-electron chi connectivity index (χ3n) is 4.25. The Morgan fingerprint density at radius 2 is 2.17 bits per heavy atom. The van der Waals surface area contributed by atoms with E-state index in [1.54, 1.807) is 10.9 Å². The van der Waals surface area contributed by atoms with Gasteiger partial charge in [0.05, 0.1) is 43.2 Å². The number of thiazole rings is 1. The molecule has 2 saturated heterocycles. The predicted molar refractivity (Wildman–Crippen MR) is 80.8 cm³/mol. The molecular weight excluding hydrogens is 321 g/mol. The molecular formula is C14H14FN5O2S. The van der Waals surface area contributed by atoms with Crippen LogP contribution >= 0.6 is 11.3 Å². The standard InChI is InChI=1S/C14H14FN5O2S/c15-8-1-16-14(17-2-8)20-3-10(9-4-22-5-12(9)20)19-13(21)11-6-23-7-18-11/h1-2,6-7,9-10,12H,3-5H2,(H,19,21)/t9-,10+,12-/m0/s1. The molecule has 2 aliphatic heterocycles. The van der Waals surface area contributed by atoms with Crippen molar-refractivity contribution in [2.24, 2.45) is 5.92 Å². The normalized spacial score (nSPS) is 26.3. The second kappa shape index (κ2) is 5.82. The summed E-state index contributed by atoms with van der Waals surface area (Å²) < 4.78 is 18.6. The van der Waals surface area contributed by atoms with Gasteiger partial charge >= 0.3 is 0 Å². The lowest BCUT2D eigenvalue weighted by atomic mass is 10.00. The molecule has 2 aliphatic rings. The van der Waals surface area contributed by atoms with Gasteiger partial charge in [-0.15, -0.1) is 11.3 Å². The van der Waals surface area contributed by atoms with Crippen molar-refractivity contribution < 1.29 is 13.9 Å². The van der Waals surface area contributed by atoms with Gasteiger partial charge in [0.15, 0.2) is 5.82 Å². The summed E-state index contributed by atoms with van der Waals surface area (Å²) in [5.41, 5.74) is 2.05. The Morgan fingerprint density at radius 3 is 2.91 bits per heavy atom. The second-order valence-electron chi connectivity index (χ2n) is 5.58. The number of ether oxygens (including phenoxy) is 1. The highest BCUT2D eigenvalue weighted by Gasteiger charge is 2.47. The SMILES string of the molecule is O=C(N[C@@H]1CN(c2ncc(F)cn2)[C@H]2COC[C@@H]12)c1cscn1. The minimum absolute atomic E-state index is 0.0784. The van der Waals surface area contributed by atoms with Crippen LogP contribution in [0, 0.1) is 11.7 Å². The van der Waals surface area contributed by atoms with Crippen molar-refractivity contribution in [3.05, 3.63) is 34.8 Å². The fraction of sp³-hybridized carbons (Fsp3) is 0.429. The zero-order valence-electron chi connectivity index (χ0n) is 12.1. The Labute approximate surface area is 135 Å². The molecule has 4 heterocycles. The first-order valence-electron chi connectivity index (χ1n) is 7.23. The van der Waals surface area contributed by atoms with E-state index in [1.807, 2.05) is 4.90 Å². The first-order chi connectivity index (χ1) is 11.2. The minimum Gasteiger partial charge on any atom is -0.379 e. The average Bonchev–Trinajstić information content (AvgIpc) is 3.27. The molecule has 2 aromatic rings. The van der Waals surface area contributed by atoms with Crippen LogP contribution < -0.4 is 10.2 Å². The van der Waals surface area contributed by atoms with E-state index in [1.165, 1.54) is 11.3 Å². The third kappa shape index (κ3) is 2.66. The van der Waals surface area contributed by atoms with Crippen LogP contribution in [-0.2, 0) is 4.74 Å². The van der Waals surface area contributed by atoms with Gasteiger partial charge in [-0.1, -0.05) is 0 Å². The number of fused-ring (bicyclic) bond motifs is 1. The lowest BCUT2D eigenvalue weighted by molar-refractivity contribution is 0.0919. The van der Waals surface area contributed by atoms with Gasteiger partial charge < -0.3 is 15.0 Å². The van der Waals surface area contributed by atoms with Gasteiger partial charge in [0.2, 0.25) is 5.95 Å². The number of carbonyl (C=O) groups is 1. The van der Waals surface area contributed by atoms with Gasteiger partial charge in [-0.3, -0.25) is 4.79 Å². The number of hydrogen-bond donors (Lipinski definition) is 1. The maximum atomic E-state index is 13.0. The monoisotopic (exact) mass is 335 g/mol. The molecule has 2 fully saturated rings. The Balaban J connectivity index is 1.53. The van der Waals surface area contributed by atoms with Crippen LogP contribution in [0.5, 0.6) is 0 Å². The first kappa shape index (κ1) is 14.5. The number of amides is 1. The molecule has 23 heavy (non-hydrogen) atoms. The highest BCUT2D eigenvalue weighted by atomic mass is 32.1. The molecule has 0 bridgehead atoms. The molecule has 3 atom stereocenters. The average molecular weight is 335 g/mol. The summed E-state index contributed by atoms with van der Waals surface area (Å²) >= 11 is 1.38. The molecule has 0 spiro atoms. The summed E-state index contributed by atoms with van der Waals surface area (Å²) in [5.74, 6) is -0.0483. The highest BCUT2D eigenvalue weighted by molar-refractivity contribution is 7.07. The van der Waals surface area contributed by atoms with E-state index in [-0.39, 0.29) is 23.9 Å². The number of anilines is 1.